The molecule has 6 nitrogen and oxygen atoms in total. The molecule has 0 atom stereocenters. The predicted octanol–water partition coefficient (Wildman–Crippen LogP) is 6.05. The Kier molecular flexibility index (Phi) is 7.48. The Morgan fingerprint density at radius 2 is 1.60 bits per heavy atom. The van der Waals surface area contributed by atoms with Crippen LogP contribution < -0.4 is 4.74 Å². The first-order valence-electron chi connectivity index (χ1n) is 11.2. The van der Waals surface area contributed by atoms with E-state index >= 15 is 0 Å². The molecule has 3 aromatic carbocycles. The van der Waals surface area contributed by atoms with Crippen molar-refractivity contribution in [2.45, 2.75) is 31.8 Å². The predicted molar refractivity (Wildman–Crippen MR) is 138 cm³/mol. The van der Waals surface area contributed by atoms with Gasteiger partial charge in [-0.1, -0.05) is 54.1 Å². The van der Waals surface area contributed by atoms with Crippen LogP contribution in [0.1, 0.15) is 28.2 Å². The zero-order chi connectivity index (χ0) is 24.8. The number of nitrogens with zero attached hydrogens (tertiary/aromatic N) is 2. The minimum absolute atomic E-state index is 0.0900. The molecule has 0 aliphatic rings. The molecule has 0 bridgehead atoms. The third-order valence-electron chi connectivity index (χ3n) is 5.54. The summed E-state index contributed by atoms with van der Waals surface area (Å²) in [5, 5.41) is 0. The highest BCUT2D eigenvalue weighted by molar-refractivity contribution is 7.89. The number of hydrogen-bond acceptors (Lipinski definition) is 5. The molecule has 0 amide bonds. The number of hydrogen-bond donors (Lipinski definition) is 0. The van der Waals surface area contributed by atoms with Crippen LogP contribution in [0.5, 0.6) is 5.75 Å². The van der Waals surface area contributed by atoms with Crippen molar-refractivity contribution < 1.29 is 17.6 Å². The number of aliphatic imine (C=N–C) groups is 1. The zero-order valence-electron chi connectivity index (χ0n) is 20.0. The van der Waals surface area contributed by atoms with Gasteiger partial charge in [0.25, 0.3) is 0 Å². The van der Waals surface area contributed by atoms with Crippen LogP contribution in [0.3, 0.4) is 0 Å². The van der Waals surface area contributed by atoms with Gasteiger partial charge in [-0.05, 0) is 61.4 Å². The summed E-state index contributed by atoms with van der Waals surface area (Å²) in [6.45, 7) is 4.23. The van der Waals surface area contributed by atoms with E-state index in [2.05, 4.69) is 4.99 Å². The van der Waals surface area contributed by atoms with Gasteiger partial charge in [0.05, 0.1) is 24.8 Å². The number of furan rings is 1. The zero-order valence-corrected chi connectivity index (χ0v) is 20.8. The molecule has 0 spiro atoms. The van der Waals surface area contributed by atoms with Crippen molar-refractivity contribution in [2.24, 2.45) is 4.99 Å². The summed E-state index contributed by atoms with van der Waals surface area (Å²) >= 11 is 0. The summed E-state index contributed by atoms with van der Waals surface area (Å²) in [5.41, 5.74) is 3.65. The average Bonchev–Trinajstić information content (AvgIpc) is 3.31. The Morgan fingerprint density at radius 1 is 0.886 bits per heavy atom. The average molecular weight is 489 g/mol. The largest absolute Gasteiger partial charge is 0.494 e. The van der Waals surface area contributed by atoms with Crippen molar-refractivity contribution in [3.05, 3.63) is 113 Å². The number of sulfonamides is 1. The normalized spacial score (nSPS) is 11.9. The summed E-state index contributed by atoms with van der Waals surface area (Å²) in [7, 11) is -2.15. The van der Waals surface area contributed by atoms with Crippen molar-refractivity contribution in [1.29, 1.82) is 0 Å². The monoisotopic (exact) mass is 488 g/mol. The van der Waals surface area contributed by atoms with Crippen LogP contribution in [0.15, 0.2) is 99.2 Å². The third kappa shape index (κ3) is 6.07. The molecule has 4 rings (SSSR count). The van der Waals surface area contributed by atoms with Gasteiger partial charge in [-0.3, -0.25) is 0 Å². The first-order chi connectivity index (χ1) is 16.8. The number of aryl methyl sites for hydroxylation is 2. The van der Waals surface area contributed by atoms with Crippen molar-refractivity contribution in [3.8, 4) is 5.75 Å². The van der Waals surface area contributed by atoms with E-state index < -0.39 is 10.0 Å². The first-order valence-corrected chi connectivity index (χ1v) is 12.7. The topological polar surface area (TPSA) is 72.1 Å². The lowest BCUT2D eigenvalue weighted by Crippen LogP contribution is -2.30. The van der Waals surface area contributed by atoms with Crippen LogP contribution in [0.25, 0.3) is 0 Å². The smallest absolute Gasteiger partial charge is 0.243 e. The molecule has 1 heterocycles. The quantitative estimate of drug-likeness (QED) is 0.269. The molecule has 35 heavy (non-hydrogen) atoms. The van der Waals surface area contributed by atoms with E-state index in [4.69, 9.17) is 9.15 Å². The lowest BCUT2D eigenvalue weighted by molar-refractivity contribution is 0.357. The lowest BCUT2D eigenvalue weighted by atomic mass is 10.2. The molecule has 1 aromatic heterocycles. The van der Waals surface area contributed by atoms with Gasteiger partial charge in [0.15, 0.2) is 0 Å². The highest BCUT2D eigenvalue weighted by atomic mass is 32.2. The molecule has 180 valence electrons. The van der Waals surface area contributed by atoms with Crippen molar-refractivity contribution in [2.75, 3.05) is 7.11 Å². The summed E-state index contributed by atoms with van der Waals surface area (Å²) in [6.07, 6.45) is 1.61. The summed E-state index contributed by atoms with van der Waals surface area (Å²) in [4.78, 5) is 4.75. The van der Waals surface area contributed by atoms with Crippen LogP contribution in [-0.2, 0) is 23.1 Å². The Hall–Kier alpha value is -3.68. The second-order valence-corrected chi connectivity index (χ2v) is 10.2. The Balaban J connectivity index is 1.59. The van der Waals surface area contributed by atoms with E-state index in [0.29, 0.717) is 23.0 Å². The molecule has 7 heteroatoms. The van der Waals surface area contributed by atoms with Gasteiger partial charge < -0.3 is 9.15 Å². The molecular formula is C28H28N2O4S. The maximum atomic E-state index is 13.5. The molecule has 0 radical (unpaired) electrons. The van der Waals surface area contributed by atoms with E-state index in [1.807, 2.05) is 62.4 Å². The molecule has 0 saturated carbocycles. The number of rotatable bonds is 9. The molecule has 4 aromatic rings. The number of ether oxygens (including phenoxy) is 1. The highest BCUT2D eigenvalue weighted by Crippen LogP contribution is 2.28. The van der Waals surface area contributed by atoms with E-state index in [1.165, 1.54) is 4.31 Å². The van der Waals surface area contributed by atoms with Crippen LogP contribution in [-0.4, -0.2) is 26.0 Å². The molecule has 0 aliphatic carbocycles. The van der Waals surface area contributed by atoms with Crippen molar-refractivity contribution in [3.63, 3.8) is 0 Å². The summed E-state index contributed by atoms with van der Waals surface area (Å²) < 4.78 is 39.8. The number of methoxy groups -OCH3 is 1. The van der Waals surface area contributed by atoms with Crippen LogP contribution in [0.4, 0.5) is 5.69 Å². The Bertz CT molecular complexity index is 1410. The van der Waals surface area contributed by atoms with Gasteiger partial charge >= 0.3 is 0 Å². The maximum Gasteiger partial charge on any atom is 0.243 e. The Morgan fingerprint density at radius 3 is 2.31 bits per heavy atom. The third-order valence-corrected chi connectivity index (χ3v) is 7.35. The highest BCUT2D eigenvalue weighted by Gasteiger charge is 2.26. The van der Waals surface area contributed by atoms with E-state index in [-0.39, 0.29) is 18.0 Å². The second kappa shape index (κ2) is 10.7. The molecule has 0 N–H and O–H groups in total. The molecule has 0 fully saturated rings. The fourth-order valence-electron chi connectivity index (χ4n) is 3.63. The van der Waals surface area contributed by atoms with E-state index in [0.717, 1.165) is 16.7 Å². The van der Waals surface area contributed by atoms with Crippen LogP contribution in [0.2, 0.25) is 0 Å². The molecule has 0 unspecified atom stereocenters. The van der Waals surface area contributed by atoms with Crippen LogP contribution >= 0.6 is 0 Å². The summed E-state index contributed by atoms with van der Waals surface area (Å²) in [6, 6.07) is 25.7. The standard InChI is InChI=1S/C28H28N2O4S/c1-21-9-14-26(15-10-21)35(31,32)30(19-23-7-5-4-6-8-23)20-25-13-12-24(34-25)18-29-27-17-22(2)11-16-28(27)33-3/h4-18H,19-20H2,1-3H3. The maximum absolute atomic E-state index is 13.5. The minimum Gasteiger partial charge on any atom is -0.494 e. The van der Waals surface area contributed by atoms with Gasteiger partial charge in [-0.2, -0.15) is 4.31 Å². The van der Waals surface area contributed by atoms with Gasteiger partial charge in [-0.25, -0.2) is 13.4 Å². The van der Waals surface area contributed by atoms with E-state index in [9.17, 15) is 8.42 Å². The van der Waals surface area contributed by atoms with Crippen molar-refractivity contribution >= 4 is 21.9 Å². The SMILES string of the molecule is COc1ccc(C)cc1N=Cc1ccc(CN(Cc2ccccc2)S(=O)(=O)c2ccc(C)cc2)o1. The van der Waals surface area contributed by atoms with Crippen LogP contribution in [0, 0.1) is 13.8 Å². The first kappa shape index (κ1) is 24.4. The van der Waals surface area contributed by atoms with Gasteiger partial charge in [-0.15, -0.1) is 0 Å². The number of benzene rings is 3. The molecule has 0 saturated heterocycles. The van der Waals surface area contributed by atoms with Gasteiger partial charge in [0.2, 0.25) is 10.0 Å². The summed E-state index contributed by atoms with van der Waals surface area (Å²) in [5.74, 6) is 1.71. The second-order valence-electron chi connectivity index (χ2n) is 8.31. The van der Waals surface area contributed by atoms with Gasteiger partial charge in [0.1, 0.15) is 23.0 Å². The molecule has 0 aliphatic heterocycles. The van der Waals surface area contributed by atoms with E-state index in [1.54, 1.807) is 49.7 Å². The fourth-order valence-corrected chi connectivity index (χ4v) is 5.02. The molecular weight excluding hydrogens is 460 g/mol. The Labute approximate surface area is 206 Å². The fraction of sp³-hybridized carbons (Fsp3) is 0.179. The van der Waals surface area contributed by atoms with Gasteiger partial charge in [0, 0.05) is 6.54 Å². The minimum atomic E-state index is -3.75. The van der Waals surface area contributed by atoms with Crippen molar-refractivity contribution in [1.82, 2.24) is 4.31 Å². The lowest BCUT2D eigenvalue weighted by Gasteiger charge is -2.21.